The third kappa shape index (κ3) is 2.33. The molecule has 16 heavy (non-hydrogen) atoms. The molecule has 0 amide bonds. The Morgan fingerprint density at radius 3 is 2.62 bits per heavy atom. The van der Waals surface area contributed by atoms with Crippen LogP contribution in [-0.2, 0) is 6.54 Å². The lowest BCUT2D eigenvalue weighted by Gasteiger charge is -2.05. The lowest BCUT2D eigenvalue weighted by Crippen LogP contribution is -2.06. The first kappa shape index (κ1) is 12.1. The van der Waals surface area contributed by atoms with E-state index < -0.39 is 0 Å². The Bertz CT molecular complexity index is 498. The van der Waals surface area contributed by atoms with E-state index in [9.17, 15) is 0 Å². The van der Waals surface area contributed by atoms with Gasteiger partial charge in [-0.3, -0.25) is 4.57 Å². The summed E-state index contributed by atoms with van der Waals surface area (Å²) < 4.78 is 1.69. The molecule has 2 N–H and O–H groups in total. The highest BCUT2D eigenvalue weighted by Gasteiger charge is 2.06. The summed E-state index contributed by atoms with van der Waals surface area (Å²) in [5.41, 5.74) is 6.81. The van der Waals surface area contributed by atoms with E-state index in [0.29, 0.717) is 18.2 Å². The first-order chi connectivity index (χ1) is 7.31. The molecule has 5 heteroatoms. The van der Waals surface area contributed by atoms with Crippen LogP contribution in [0.25, 0.3) is 0 Å². The predicted octanol–water partition coefficient (Wildman–Crippen LogP) is 1.81. The number of benzene rings is 1. The number of hydrogen-bond acceptors (Lipinski definition) is 3. The van der Waals surface area contributed by atoms with Crippen LogP contribution in [0.2, 0.25) is 0 Å². The van der Waals surface area contributed by atoms with Crippen LogP contribution < -0.4 is 5.73 Å². The van der Waals surface area contributed by atoms with Gasteiger partial charge in [-0.05, 0) is 5.56 Å². The highest BCUT2D eigenvalue weighted by Crippen LogP contribution is 2.10. The first-order valence-electron chi connectivity index (χ1n) is 4.56. The second kappa shape index (κ2) is 5.19. The van der Waals surface area contributed by atoms with E-state index in [2.05, 4.69) is 4.98 Å². The van der Waals surface area contributed by atoms with E-state index >= 15 is 0 Å². The molecule has 0 aliphatic heterocycles. The largest absolute Gasteiger partial charge is 0.384 e. The molecule has 4 nitrogen and oxygen atoms in total. The summed E-state index contributed by atoms with van der Waals surface area (Å²) in [6.45, 7) is 0.579. The molecule has 0 atom stereocenters. The molecule has 82 valence electrons. The van der Waals surface area contributed by atoms with Crippen molar-refractivity contribution in [2.45, 2.75) is 6.54 Å². The second-order valence-electron chi connectivity index (χ2n) is 3.19. The fraction of sp³-hybridized carbons (Fsp3) is 0.0909. The minimum Gasteiger partial charge on any atom is -0.384 e. The summed E-state index contributed by atoms with van der Waals surface area (Å²) >= 11 is 0. The molecule has 1 aromatic carbocycles. The van der Waals surface area contributed by atoms with Crippen LogP contribution in [0.5, 0.6) is 0 Å². The molecular weight excluding hydrogens is 224 g/mol. The fourth-order valence-corrected chi connectivity index (χ4v) is 1.41. The maximum Gasteiger partial charge on any atom is 0.214 e. The van der Waals surface area contributed by atoms with Crippen molar-refractivity contribution in [3.8, 4) is 6.07 Å². The van der Waals surface area contributed by atoms with Crippen LogP contribution in [0.15, 0.2) is 36.5 Å². The standard InChI is InChI=1S/C11H10N4.ClH/c12-6-11-14-7-10(13)15(11)8-9-4-2-1-3-5-9;/h1-5,7H,8,13H2;1H. The number of nitrogens with two attached hydrogens (primary N) is 1. The lowest BCUT2D eigenvalue weighted by atomic mass is 10.2. The van der Waals surface area contributed by atoms with Crippen LogP contribution in [0.3, 0.4) is 0 Å². The van der Waals surface area contributed by atoms with Gasteiger partial charge in [-0.25, -0.2) is 4.98 Å². The van der Waals surface area contributed by atoms with Crippen LogP contribution in [0, 0.1) is 11.3 Å². The monoisotopic (exact) mass is 234 g/mol. The molecule has 2 aromatic rings. The molecule has 0 radical (unpaired) electrons. The number of halogens is 1. The number of aromatic nitrogens is 2. The molecule has 0 bridgehead atoms. The molecule has 0 fully saturated rings. The summed E-state index contributed by atoms with van der Waals surface area (Å²) in [5, 5.41) is 8.82. The lowest BCUT2D eigenvalue weighted by molar-refractivity contribution is 0.792. The molecule has 2 rings (SSSR count). The van der Waals surface area contributed by atoms with Crippen molar-refractivity contribution >= 4 is 18.2 Å². The van der Waals surface area contributed by atoms with E-state index in [0.717, 1.165) is 5.56 Å². The molecular formula is C11H11ClN4. The SMILES string of the molecule is Cl.N#Cc1ncc(N)n1Cc1ccccc1. The molecule has 0 aliphatic rings. The Morgan fingerprint density at radius 1 is 1.31 bits per heavy atom. The van der Waals surface area contributed by atoms with Crippen molar-refractivity contribution in [1.29, 1.82) is 5.26 Å². The van der Waals surface area contributed by atoms with Gasteiger partial charge in [0.2, 0.25) is 5.82 Å². The van der Waals surface area contributed by atoms with E-state index in [1.807, 2.05) is 36.4 Å². The molecule has 1 aromatic heterocycles. The van der Waals surface area contributed by atoms with Gasteiger partial charge in [0.1, 0.15) is 11.9 Å². The van der Waals surface area contributed by atoms with Crippen molar-refractivity contribution in [2.75, 3.05) is 5.73 Å². The third-order valence-corrected chi connectivity index (χ3v) is 2.17. The van der Waals surface area contributed by atoms with Crippen LogP contribution >= 0.6 is 12.4 Å². The summed E-state index contributed by atoms with van der Waals surface area (Å²) in [6, 6.07) is 11.8. The highest BCUT2D eigenvalue weighted by molar-refractivity contribution is 5.85. The van der Waals surface area contributed by atoms with Gasteiger partial charge in [0.05, 0.1) is 12.7 Å². The van der Waals surface area contributed by atoms with Crippen molar-refractivity contribution in [3.05, 3.63) is 47.9 Å². The number of hydrogen-bond donors (Lipinski definition) is 1. The van der Waals surface area contributed by atoms with Crippen molar-refractivity contribution in [1.82, 2.24) is 9.55 Å². The van der Waals surface area contributed by atoms with Gasteiger partial charge in [0, 0.05) is 0 Å². The van der Waals surface area contributed by atoms with Crippen LogP contribution in [0.1, 0.15) is 11.4 Å². The van der Waals surface area contributed by atoms with Gasteiger partial charge in [-0.2, -0.15) is 5.26 Å². The first-order valence-corrected chi connectivity index (χ1v) is 4.56. The van der Waals surface area contributed by atoms with Gasteiger partial charge in [0.25, 0.3) is 0 Å². The quantitative estimate of drug-likeness (QED) is 0.862. The summed E-state index contributed by atoms with van der Waals surface area (Å²) in [6.07, 6.45) is 1.50. The maximum atomic E-state index is 8.82. The molecule has 0 saturated carbocycles. The Morgan fingerprint density at radius 2 is 2.00 bits per heavy atom. The number of imidazole rings is 1. The molecule has 0 spiro atoms. The zero-order valence-electron chi connectivity index (χ0n) is 8.50. The minimum atomic E-state index is 0. The van der Waals surface area contributed by atoms with Gasteiger partial charge < -0.3 is 5.73 Å². The number of anilines is 1. The van der Waals surface area contributed by atoms with Crippen molar-refractivity contribution in [3.63, 3.8) is 0 Å². The zero-order chi connectivity index (χ0) is 10.7. The van der Waals surface area contributed by atoms with Gasteiger partial charge >= 0.3 is 0 Å². The fourth-order valence-electron chi connectivity index (χ4n) is 1.41. The number of nitriles is 1. The summed E-state index contributed by atoms with van der Waals surface area (Å²) in [4.78, 5) is 3.91. The normalized spacial score (nSPS) is 9.19. The van der Waals surface area contributed by atoms with Crippen LogP contribution in [-0.4, -0.2) is 9.55 Å². The molecule has 1 heterocycles. The van der Waals surface area contributed by atoms with Crippen molar-refractivity contribution in [2.24, 2.45) is 0 Å². The second-order valence-corrected chi connectivity index (χ2v) is 3.19. The minimum absolute atomic E-state index is 0. The predicted molar refractivity (Wildman–Crippen MR) is 64.1 cm³/mol. The van der Waals surface area contributed by atoms with E-state index in [1.165, 1.54) is 6.20 Å². The van der Waals surface area contributed by atoms with Crippen LogP contribution in [0.4, 0.5) is 5.82 Å². The topological polar surface area (TPSA) is 67.6 Å². The average Bonchev–Trinajstić information content (AvgIpc) is 2.62. The Kier molecular flexibility index (Phi) is 3.92. The Balaban J connectivity index is 0.00000128. The summed E-state index contributed by atoms with van der Waals surface area (Å²) in [5.74, 6) is 0.853. The van der Waals surface area contributed by atoms with E-state index in [4.69, 9.17) is 11.0 Å². The van der Waals surface area contributed by atoms with E-state index in [1.54, 1.807) is 4.57 Å². The molecule has 0 unspecified atom stereocenters. The van der Waals surface area contributed by atoms with Gasteiger partial charge in [-0.15, -0.1) is 12.4 Å². The average molecular weight is 235 g/mol. The highest BCUT2D eigenvalue weighted by atomic mass is 35.5. The van der Waals surface area contributed by atoms with Crippen molar-refractivity contribution < 1.29 is 0 Å². The smallest absolute Gasteiger partial charge is 0.214 e. The Hall–Kier alpha value is -1.99. The Labute approximate surface area is 99.7 Å². The van der Waals surface area contributed by atoms with Gasteiger partial charge in [-0.1, -0.05) is 30.3 Å². The zero-order valence-corrected chi connectivity index (χ0v) is 9.31. The number of nitrogen functional groups attached to an aromatic ring is 1. The molecule has 0 saturated heterocycles. The summed E-state index contributed by atoms with van der Waals surface area (Å²) in [7, 11) is 0. The molecule has 0 aliphatic carbocycles. The third-order valence-electron chi connectivity index (χ3n) is 2.17. The van der Waals surface area contributed by atoms with Gasteiger partial charge in [0.15, 0.2) is 0 Å². The number of nitrogens with zero attached hydrogens (tertiary/aromatic N) is 3. The van der Waals surface area contributed by atoms with E-state index in [-0.39, 0.29) is 12.4 Å². The number of rotatable bonds is 2. The maximum absolute atomic E-state index is 8.82.